The molecule has 1 unspecified atom stereocenters. The van der Waals surface area contributed by atoms with Crippen LogP contribution in [0, 0.1) is 13.8 Å². The lowest BCUT2D eigenvalue weighted by molar-refractivity contribution is -0.140. The average molecular weight is 566 g/mol. The largest absolute Gasteiger partial charge is 0.497 e. The summed E-state index contributed by atoms with van der Waals surface area (Å²) < 4.78 is 34.2. The molecule has 0 aromatic heterocycles. The summed E-state index contributed by atoms with van der Waals surface area (Å²) >= 11 is 0. The first-order chi connectivity index (χ1) is 19.0. The first-order valence-electron chi connectivity index (χ1n) is 13.3. The number of rotatable bonds is 12. The highest BCUT2D eigenvalue weighted by Gasteiger charge is 2.33. The number of benzene rings is 3. The third-order valence-electron chi connectivity index (χ3n) is 6.54. The van der Waals surface area contributed by atoms with Crippen LogP contribution in [0.1, 0.15) is 43.9 Å². The standard InChI is InChI=1S/C31H39N3O5S/c1-7-29(31(36)32-22(2)3)33(20-25-12-8-23(4)9-13-25)30(35)21-34(26-14-16-27(39-6)17-15-26)40(37,38)28-18-10-24(5)11-19-28/h8-19,22,29H,7,20-21H2,1-6H3,(H,32,36). The Balaban J connectivity index is 2.06. The van der Waals surface area contributed by atoms with Crippen LogP contribution in [-0.2, 0) is 26.2 Å². The van der Waals surface area contributed by atoms with Gasteiger partial charge >= 0.3 is 0 Å². The Kier molecular flexibility index (Phi) is 10.3. The molecule has 0 aliphatic heterocycles. The predicted octanol–water partition coefficient (Wildman–Crippen LogP) is 4.84. The van der Waals surface area contributed by atoms with Crippen molar-refractivity contribution in [3.63, 3.8) is 0 Å². The average Bonchev–Trinajstić information content (AvgIpc) is 2.92. The van der Waals surface area contributed by atoms with Crippen molar-refractivity contribution in [2.45, 2.75) is 64.6 Å². The van der Waals surface area contributed by atoms with E-state index >= 15 is 0 Å². The van der Waals surface area contributed by atoms with Crippen molar-refractivity contribution in [2.75, 3.05) is 18.0 Å². The van der Waals surface area contributed by atoms with E-state index in [9.17, 15) is 18.0 Å². The lowest BCUT2D eigenvalue weighted by atomic mass is 10.1. The first-order valence-corrected chi connectivity index (χ1v) is 14.8. The van der Waals surface area contributed by atoms with E-state index in [1.165, 1.54) is 24.1 Å². The van der Waals surface area contributed by atoms with Crippen LogP contribution in [0.2, 0.25) is 0 Å². The van der Waals surface area contributed by atoms with Crippen LogP contribution >= 0.6 is 0 Å². The zero-order valence-corrected chi connectivity index (χ0v) is 24.9. The Morgan fingerprint density at radius 1 is 0.875 bits per heavy atom. The predicted molar refractivity (Wildman–Crippen MR) is 158 cm³/mol. The lowest BCUT2D eigenvalue weighted by Gasteiger charge is -2.33. The number of hydrogen-bond acceptors (Lipinski definition) is 5. The molecule has 0 saturated carbocycles. The third-order valence-corrected chi connectivity index (χ3v) is 8.33. The van der Waals surface area contributed by atoms with Crippen molar-refractivity contribution in [3.8, 4) is 5.75 Å². The molecule has 0 bridgehead atoms. The lowest BCUT2D eigenvalue weighted by Crippen LogP contribution is -2.53. The maximum absolute atomic E-state index is 14.1. The fourth-order valence-corrected chi connectivity index (χ4v) is 5.72. The highest BCUT2D eigenvalue weighted by atomic mass is 32.2. The molecule has 0 spiro atoms. The van der Waals surface area contributed by atoms with E-state index in [0.717, 1.165) is 21.0 Å². The first kappa shape index (κ1) is 30.7. The molecular formula is C31H39N3O5S. The van der Waals surface area contributed by atoms with Gasteiger partial charge < -0.3 is 15.0 Å². The van der Waals surface area contributed by atoms with Gasteiger partial charge in [0.1, 0.15) is 18.3 Å². The maximum atomic E-state index is 14.1. The number of carbonyl (C=O) groups is 2. The second kappa shape index (κ2) is 13.5. The second-order valence-electron chi connectivity index (χ2n) is 10.1. The molecular weight excluding hydrogens is 526 g/mol. The van der Waals surface area contributed by atoms with Gasteiger partial charge in [0.2, 0.25) is 11.8 Å². The molecule has 1 N–H and O–H groups in total. The zero-order valence-electron chi connectivity index (χ0n) is 24.0. The van der Waals surface area contributed by atoms with Gasteiger partial charge in [0.05, 0.1) is 17.7 Å². The summed E-state index contributed by atoms with van der Waals surface area (Å²) in [7, 11) is -2.60. The monoisotopic (exact) mass is 565 g/mol. The molecule has 3 rings (SSSR count). The summed E-state index contributed by atoms with van der Waals surface area (Å²) in [6.07, 6.45) is 0.364. The Bertz CT molecular complexity index is 1390. The van der Waals surface area contributed by atoms with E-state index in [1.807, 2.05) is 58.9 Å². The Morgan fingerprint density at radius 3 is 1.93 bits per heavy atom. The molecule has 3 aromatic carbocycles. The van der Waals surface area contributed by atoms with Crippen LogP contribution in [0.25, 0.3) is 0 Å². The quantitative estimate of drug-likeness (QED) is 0.339. The zero-order chi connectivity index (χ0) is 29.4. The molecule has 40 heavy (non-hydrogen) atoms. The number of aryl methyl sites for hydroxylation is 2. The molecule has 3 aromatic rings. The number of nitrogens with zero attached hydrogens (tertiary/aromatic N) is 2. The van der Waals surface area contributed by atoms with Crippen LogP contribution in [0.4, 0.5) is 5.69 Å². The fraction of sp³-hybridized carbons (Fsp3) is 0.355. The summed E-state index contributed by atoms with van der Waals surface area (Å²) in [6, 6.07) is 19.8. The minimum absolute atomic E-state index is 0.0661. The number of hydrogen-bond donors (Lipinski definition) is 1. The molecule has 0 radical (unpaired) electrons. The van der Waals surface area contributed by atoms with Gasteiger partial charge in [-0.05, 0) is 76.1 Å². The van der Waals surface area contributed by atoms with Gasteiger partial charge in [0, 0.05) is 12.6 Å². The van der Waals surface area contributed by atoms with Crippen LogP contribution in [0.3, 0.4) is 0 Å². The maximum Gasteiger partial charge on any atom is 0.264 e. The van der Waals surface area contributed by atoms with E-state index in [4.69, 9.17) is 4.74 Å². The summed E-state index contributed by atoms with van der Waals surface area (Å²) in [4.78, 5) is 28.8. The van der Waals surface area contributed by atoms with Gasteiger partial charge in [-0.25, -0.2) is 8.42 Å². The minimum atomic E-state index is -4.12. The Hall–Kier alpha value is -3.85. The molecule has 0 aliphatic rings. The minimum Gasteiger partial charge on any atom is -0.497 e. The third kappa shape index (κ3) is 7.63. The van der Waals surface area contributed by atoms with Crippen molar-refractivity contribution in [3.05, 3.63) is 89.5 Å². The number of methoxy groups -OCH3 is 1. The summed E-state index contributed by atoms with van der Waals surface area (Å²) in [5.74, 6) is -0.214. The molecule has 8 nitrogen and oxygen atoms in total. The van der Waals surface area contributed by atoms with E-state index in [2.05, 4.69) is 5.32 Å². The molecule has 1 atom stereocenters. The normalized spacial score (nSPS) is 12.1. The Morgan fingerprint density at radius 2 is 1.43 bits per heavy atom. The smallest absolute Gasteiger partial charge is 0.264 e. The van der Waals surface area contributed by atoms with Crippen molar-refractivity contribution < 1.29 is 22.7 Å². The molecule has 9 heteroatoms. The molecule has 0 aliphatic carbocycles. The SMILES string of the molecule is CCC(C(=O)NC(C)C)N(Cc1ccc(C)cc1)C(=O)CN(c1ccc(OC)cc1)S(=O)(=O)c1ccc(C)cc1. The highest BCUT2D eigenvalue weighted by Crippen LogP contribution is 2.27. The fourth-order valence-electron chi connectivity index (χ4n) is 4.31. The van der Waals surface area contributed by atoms with E-state index in [0.29, 0.717) is 17.9 Å². The topological polar surface area (TPSA) is 96.0 Å². The van der Waals surface area contributed by atoms with Crippen LogP contribution in [0.5, 0.6) is 5.75 Å². The number of amides is 2. The summed E-state index contributed by atoms with van der Waals surface area (Å²) in [5.41, 5.74) is 3.13. The van der Waals surface area contributed by atoms with Crippen molar-refractivity contribution >= 4 is 27.5 Å². The van der Waals surface area contributed by atoms with Crippen molar-refractivity contribution in [2.24, 2.45) is 0 Å². The number of anilines is 1. The number of carbonyl (C=O) groups excluding carboxylic acids is 2. The van der Waals surface area contributed by atoms with Crippen molar-refractivity contribution in [1.82, 2.24) is 10.2 Å². The molecule has 0 fully saturated rings. The van der Waals surface area contributed by atoms with Gasteiger partial charge in [-0.15, -0.1) is 0 Å². The second-order valence-corrected chi connectivity index (χ2v) is 12.0. The molecule has 214 valence electrons. The highest BCUT2D eigenvalue weighted by molar-refractivity contribution is 7.92. The van der Waals surface area contributed by atoms with E-state index in [-0.39, 0.29) is 23.4 Å². The Labute approximate surface area is 238 Å². The number of sulfonamides is 1. The number of nitrogens with one attached hydrogen (secondary N) is 1. The molecule has 2 amide bonds. The molecule has 0 heterocycles. The van der Waals surface area contributed by atoms with Gasteiger partial charge in [0.15, 0.2) is 0 Å². The van der Waals surface area contributed by atoms with Crippen LogP contribution in [-0.4, -0.2) is 50.9 Å². The van der Waals surface area contributed by atoms with Gasteiger partial charge in [-0.3, -0.25) is 13.9 Å². The van der Waals surface area contributed by atoms with Crippen molar-refractivity contribution in [1.29, 1.82) is 0 Å². The van der Waals surface area contributed by atoms with Gasteiger partial charge in [-0.1, -0.05) is 54.4 Å². The van der Waals surface area contributed by atoms with E-state index < -0.39 is 28.5 Å². The van der Waals surface area contributed by atoms with E-state index in [1.54, 1.807) is 36.4 Å². The van der Waals surface area contributed by atoms with Gasteiger partial charge in [0.25, 0.3) is 10.0 Å². The van der Waals surface area contributed by atoms with Gasteiger partial charge in [-0.2, -0.15) is 0 Å². The summed E-state index contributed by atoms with van der Waals surface area (Å²) in [6.45, 7) is 9.07. The number of ether oxygens (including phenoxy) is 1. The summed E-state index contributed by atoms with van der Waals surface area (Å²) in [5, 5.41) is 2.90. The van der Waals surface area contributed by atoms with Crippen LogP contribution in [0.15, 0.2) is 77.7 Å². The molecule has 0 saturated heterocycles. The van der Waals surface area contributed by atoms with Crippen LogP contribution < -0.4 is 14.4 Å².